The van der Waals surface area contributed by atoms with E-state index in [0.717, 1.165) is 24.2 Å². The molecule has 0 unspecified atom stereocenters. The van der Waals surface area contributed by atoms with Crippen LogP contribution in [-0.2, 0) is 9.53 Å². The summed E-state index contributed by atoms with van der Waals surface area (Å²) in [6.07, 6.45) is -3.69. The molecule has 0 saturated carbocycles. The van der Waals surface area contributed by atoms with E-state index < -0.39 is 30.4 Å². The predicted octanol–water partition coefficient (Wildman–Crippen LogP) is 2.55. The lowest BCUT2D eigenvalue weighted by molar-refractivity contribution is -0.137. The molecule has 0 aliphatic carbocycles. The zero-order valence-electron chi connectivity index (χ0n) is 25.3. The van der Waals surface area contributed by atoms with Crippen LogP contribution in [0, 0.1) is 0 Å². The SMILES string of the molecule is CCNC(=O)[C@H]1O[C@@H](n2cnc3c(NCC(c4ccccc4)c4ccccc4)nc(OCCN(CC)CC)nc32)[C@H](O)[C@@H]1O. The summed E-state index contributed by atoms with van der Waals surface area (Å²) >= 11 is 0. The Morgan fingerprint density at radius 1 is 1.00 bits per heavy atom. The number of ether oxygens (including phenoxy) is 2. The minimum atomic E-state index is -1.43. The van der Waals surface area contributed by atoms with Crippen LogP contribution in [0.3, 0.4) is 0 Å². The van der Waals surface area contributed by atoms with Crippen molar-refractivity contribution in [2.24, 2.45) is 0 Å². The number of amides is 1. The van der Waals surface area contributed by atoms with E-state index in [0.29, 0.717) is 43.2 Å². The van der Waals surface area contributed by atoms with Crippen LogP contribution in [0.2, 0.25) is 0 Å². The summed E-state index contributed by atoms with van der Waals surface area (Å²) in [5.74, 6) is -0.0301. The Balaban J connectivity index is 1.48. The largest absolute Gasteiger partial charge is 0.462 e. The monoisotopic (exact) mass is 603 g/mol. The summed E-state index contributed by atoms with van der Waals surface area (Å²) in [6, 6.07) is 20.6. The van der Waals surface area contributed by atoms with E-state index in [9.17, 15) is 15.0 Å². The summed E-state index contributed by atoms with van der Waals surface area (Å²) in [5.41, 5.74) is 3.06. The molecule has 0 radical (unpaired) electrons. The number of nitrogens with zero attached hydrogens (tertiary/aromatic N) is 5. The number of imidazole rings is 1. The highest BCUT2D eigenvalue weighted by Crippen LogP contribution is 2.34. The summed E-state index contributed by atoms with van der Waals surface area (Å²) < 4.78 is 13.4. The molecular weight excluding hydrogens is 562 g/mol. The van der Waals surface area contributed by atoms with Gasteiger partial charge in [-0.15, -0.1) is 0 Å². The number of fused-ring (bicyclic) bond motifs is 1. The van der Waals surface area contributed by atoms with Gasteiger partial charge in [0.05, 0.1) is 6.33 Å². The third-order valence-electron chi connectivity index (χ3n) is 7.93. The van der Waals surface area contributed by atoms with Gasteiger partial charge >= 0.3 is 6.01 Å². The molecule has 1 aliphatic rings. The molecule has 1 saturated heterocycles. The molecule has 5 rings (SSSR count). The minimum absolute atomic E-state index is 0.0181. The Hall–Kier alpha value is -4.10. The molecule has 2 aromatic heterocycles. The van der Waals surface area contributed by atoms with Crippen LogP contribution in [0.15, 0.2) is 67.0 Å². The second-order valence-corrected chi connectivity index (χ2v) is 10.6. The van der Waals surface area contributed by atoms with Gasteiger partial charge in [0.1, 0.15) is 18.8 Å². The third kappa shape index (κ3) is 6.83. The number of carbonyl (C=O) groups excluding carboxylic acids is 1. The Morgan fingerprint density at radius 2 is 1.66 bits per heavy atom. The number of carbonyl (C=O) groups is 1. The van der Waals surface area contributed by atoms with Crippen molar-refractivity contribution >= 4 is 22.9 Å². The maximum atomic E-state index is 12.5. The number of anilines is 1. The first-order valence-corrected chi connectivity index (χ1v) is 15.2. The third-order valence-corrected chi connectivity index (χ3v) is 7.93. The standard InChI is InChI=1S/C32H41N7O5/c1-4-33-30(42)27-25(40)26(41)31(44-27)39-20-35-24-28(36-32(37-29(24)39)43-18-17-38(5-2)6-3)34-19-23(21-13-9-7-10-14-21)22-15-11-8-12-16-22/h7-16,20,23,25-27,31,40-41H,4-6,17-19H2,1-3H3,(H,33,42)(H,34,36,37)/t25-,26+,27-,31+/m0/s1. The smallest absolute Gasteiger partial charge is 0.320 e. The van der Waals surface area contributed by atoms with Crippen LogP contribution in [0.1, 0.15) is 44.0 Å². The van der Waals surface area contributed by atoms with Crippen molar-refractivity contribution in [2.75, 3.05) is 44.6 Å². The normalized spacial score (nSPS) is 20.0. The van der Waals surface area contributed by atoms with Gasteiger partial charge in [0, 0.05) is 25.6 Å². The molecule has 4 N–H and O–H groups in total. The number of aliphatic hydroxyl groups excluding tert-OH is 2. The van der Waals surface area contributed by atoms with E-state index in [1.165, 1.54) is 10.9 Å². The Labute approximate surface area is 257 Å². The Bertz CT molecular complexity index is 1460. The first-order valence-electron chi connectivity index (χ1n) is 15.2. The summed E-state index contributed by atoms with van der Waals surface area (Å²) in [7, 11) is 0. The van der Waals surface area contributed by atoms with Gasteiger partial charge in [-0.2, -0.15) is 9.97 Å². The molecule has 4 aromatic rings. The van der Waals surface area contributed by atoms with Gasteiger partial charge in [-0.1, -0.05) is 74.5 Å². The van der Waals surface area contributed by atoms with Crippen molar-refractivity contribution < 1.29 is 24.5 Å². The predicted molar refractivity (Wildman–Crippen MR) is 166 cm³/mol. The molecule has 234 valence electrons. The first kappa shape index (κ1) is 31.3. The van der Waals surface area contributed by atoms with Gasteiger partial charge in [0.15, 0.2) is 29.3 Å². The van der Waals surface area contributed by atoms with Crippen LogP contribution in [-0.4, -0.2) is 98.2 Å². The molecular formula is C32H41N7O5. The topological polar surface area (TPSA) is 147 Å². The maximum absolute atomic E-state index is 12.5. The average molecular weight is 604 g/mol. The van der Waals surface area contributed by atoms with Crippen LogP contribution in [0.5, 0.6) is 6.01 Å². The number of likely N-dealkylation sites (N-methyl/N-ethyl adjacent to an activating group) is 2. The fraction of sp³-hybridized carbons (Fsp3) is 0.438. The molecule has 1 fully saturated rings. The summed E-state index contributed by atoms with van der Waals surface area (Å²) in [5, 5.41) is 27.7. The van der Waals surface area contributed by atoms with E-state index in [1.807, 2.05) is 36.4 Å². The zero-order valence-corrected chi connectivity index (χ0v) is 25.3. The summed E-state index contributed by atoms with van der Waals surface area (Å²) in [6.45, 7) is 9.69. The van der Waals surface area contributed by atoms with Gasteiger partial charge in [-0.05, 0) is 31.1 Å². The lowest BCUT2D eigenvalue weighted by Gasteiger charge is -2.20. The van der Waals surface area contributed by atoms with Crippen molar-refractivity contribution in [3.8, 4) is 6.01 Å². The van der Waals surface area contributed by atoms with Gasteiger partial charge in [-0.25, -0.2) is 4.98 Å². The van der Waals surface area contributed by atoms with Crippen LogP contribution in [0.25, 0.3) is 11.2 Å². The number of benzene rings is 2. The van der Waals surface area contributed by atoms with E-state index >= 15 is 0 Å². The van der Waals surface area contributed by atoms with Crippen molar-refractivity contribution in [3.63, 3.8) is 0 Å². The number of hydrogen-bond donors (Lipinski definition) is 4. The van der Waals surface area contributed by atoms with Crippen molar-refractivity contribution in [1.82, 2.24) is 29.7 Å². The molecule has 12 nitrogen and oxygen atoms in total. The lowest BCUT2D eigenvalue weighted by atomic mass is 9.91. The number of aliphatic hydroxyl groups is 2. The van der Waals surface area contributed by atoms with Gasteiger partial charge < -0.3 is 35.2 Å². The lowest BCUT2D eigenvalue weighted by Crippen LogP contribution is -2.42. The fourth-order valence-electron chi connectivity index (χ4n) is 5.45. The number of aromatic nitrogens is 4. The highest BCUT2D eigenvalue weighted by molar-refractivity contribution is 5.84. The molecule has 1 amide bonds. The van der Waals surface area contributed by atoms with Crippen LogP contribution < -0.4 is 15.4 Å². The number of hydrogen-bond acceptors (Lipinski definition) is 10. The van der Waals surface area contributed by atoms with Crippen molar-refractivity contribution in [1.29, 1.82) is 0 Å². The van der Waals surface area contributed by atoms with E-state index in [-0.39, 0.29) is 11.9 Å². The molecule has 0 bridgehead atoms. The Morgan fingerprint density at radius 3 is 2.27 bits per heavy atom. The number of nitrogens with one attached hydrogen (secondary N) is 2. The van der Waals surface area contributed by atoms with Crippen LogP contribution in [0.4, 0.5) is 5.82 Å². The second-order valence-electron chi connectivity index (χ2n) is 10.6. The molecule has 44 heavy (non-hydrogen) atoms. The molecule has 0 spiro atoms. The molecule has 12 heteroatoms. The molecule has 1 aliphatic heterocycles. The highest BCUT2D eigenvalue weighted by atomic mass is 16.6. The molecule has 2 aromatic carbocycles. The molecule has 4 atom stereocenters. The quantitative estimate of drug-likeness (QED) is 0.170. The van der Waals surface area contributed by atoms with E-state index in [2.05, 4.69) is 63.6 Å². The van der Waals surface area contributed by atoms with Crippen molar-refractivity contribution in [3.05, 3.63) is 78.1 Å². The van der Waals surface area contributed by atoms with Crippen molar-refractivity contribution in [2.45, 2.75) is 51.2 Å². The van der Waals surface area contributed by atoms with Gasteiger partial charge in [-0.3, -0.25) is 9.36 Å². The average Bonchev–Trinajstić information content (AvgIpc) is 3.60. The number of rotatable bonds is 14. The minimum Gasteiger partial charge on any atom is -0.462 e. The fourth-order valence-corrected chi connectivity index (χ4v) is 5.45. The zero-order chi connectivity index (χ0) is 31.1. The van der Waals surface area contributed by atoms with E-state index in [4.69, 9.17) is 14.5 Å². The highest BCUT2D eigenvalue weighted by Gasteiger charge is 2.47. The van der Waals surface area contributed by atoms with Gasteiger partial charge in [0.2, 0.25) is 0 Å². The van der Waals surface area contributed by atoms with Gasteiger partial charge in [0.25, 0.3) is 5.91 Å². The van der Waals surface area contributed by atoms with E-state index in [1.54, 1.807) is 6.92 Å². The summed E-state index contributed by atoms with van der Waals surface area (Å²) in [4.78, 5) is 28.6. The maximum Gasteiger partial charge on any atom is 0.320 e. The second kappa shape index (κ2) is 14.6. The first-order chi connectivity index (χ1) is 21.4. The molecule has 3 heterocycles. The Kier molecular flexibility index (Phi) is 10.4. The van der Waals surface area contributed by atoms with Crippen LogP contribution >= 0.6 is 0 Å².